The first-order chi connectivity index (χ1) is 14.2. The molecule has 4 rings (SSSR count). The lowest BCUT2D eigenvalue weighted by Gasteiger charge is -2.34. The molecule has 1 N–H and O–H groups in total. The summed E-state index contributed by atoms with van der Waals surface area (Å²) in [4.78, 5) is 18.6. The van der Waals surface area contributed by atoms with Gasteiger partial charge in [0, 0.05) is 12.6 Å². The van der Waals surface area contributed by atoms with Gasteiger partial charge in [-0.1, -0.05) is 17.3 Å². The van der Waals surface area contributed by atoms with E-state index in [9.17, 15) is 4.79 Å². The zero-order valence-electron chi connectivity index (χ0n) is 16.3. The first kappa shape index (κ1) is 18.8. The van der Waals surface area contributed by atoms with Crippen LogP contribution in [0, 0.1) is 0 Å². The van der Waals surface area contributed by atoms with Crippen molar-refractivity contribution in [1.29, 1.82) is 0 Å². The van der Waals surface area contributed by atoms with Crippen LogP contribution < -0.4 is 19.7 Å². The van der Waals surface area contributed by atoms with E-state index in [2.05, 4.69) is 15.5 Å². The summed E-state index contributed by atoms with van der Waals surface area (Å²) in [7, 11) is 1.59. The molecule has 1 amide bonds. The Balaban J connectivity index is 1.53. The molecule has 0 fully saturated rings. The maximum atomic E-state index is 12.1. The predicted octanol–water partition coefficient (Wildman–Crippen LogP) is 2.65. The van der Waals surface area contributed by atoms with Gasteiger partial charge in [0.05, 0.1) is 25.4 Å². The second kappa shape index (κ2) is 8.22. The van der Waals surface area contributed by atoms with Crippen molar-refractivity contribution in [2.24, 2.45) is 0 Å². The van der Waals surface area contributed by atoms with E-state index < -0.39 is 6.10 Å². The number of nitrogens with zero attached hydrogens (tertiary/aromatic N) is 3. The van der Waals surface area contributed by atoms with Gasteiger partial charge in [0.1, 0.15) is 11.5 Å². The zero-order valence-corrected chi connectivity index (χ0v) is 16.3. The minimum Gasteiger partial charge on any atom is -0.494 e. The first-order valence-electron chi connectivity index (χ1n) is 9.46. The first-order valence-corrected chi connectivity index (χ1v) is 9.46. The number of rotatable bonds is 6. The highest BCUT2D eigenvalue weighted by molar-refractivity contribution is 5.83. The Kier molecular flexibility index (Phi) is 5.33. The quantitative estimate of drug-likeness (QED) is 0.687. The number of likely N-dealkylation sites (N-methyl/N-ethyl adjacent to an activating group) is 1. The van der Waals surface area contributed by atoms with Crippen molar-refractivity contribution < 1.29 is 18.8 Å². The van der Waals surface area contributed by atoms with Crippen molar-refractivity contribution in [2.45, 2.75) is 19.6 Å². The molecule has 8 heteroatoms. The fourth-order valence-electron chi connectivity index (χ4n) is 3.22. The molecule has 8 nitrogen and oxygen atoms in total. The van der Waals surface area contributed by atoms with Crippen LogP contribution in [0.15, 0.2) is 53.1 Å². The van der Waals surface area contributed by atoms with Crippen LogP contribution in [0.4, 0.5) is 5.69 Å². The van der Waals surface area contributed by atoms with E-state index in [0.29, 0.717) is 37.2 Å². The van der Waals surface area contributed by atoms with Crippen LogP contribution in [-0.4, -0.2) is 42.4 Å². The van der Waals surface area contributed by atoms with Crippen LogP contribution in [0.5, 0.6) is 11.5 Å². The summed E-state index contributed by atoms with van der Waals surface area (Å²) < 4.78 is 16.7. The summed E-state index contributed by atoms with van der Waals surface area (Å²) in [6.07, 6.45) is -0.608. The number of ether oxygens (including phenoxy) is 2. The molecule has 1 aliphatic heterocycles. The second-order valence-electron chi connectivity index (χ2n) is 6.54. The van der Waals surface area contributed by atoms with Gasteiger partial charge in [0.25, 0.3) is 5.91 Å². The smallest absolute Gasteiger partial charge is 0.262 e. The van der Waals surface area contributed by atoms with Gasteiger partial charge >= 0.3 is 0 Å². The van der Waals surface area contributed by atoms with Crippen LogP contribution in [0.3, 0.4) is 0 Å². The summed E-state index contributed by atoms with van der Waals surface area (Å²) >= 11 is 0. The Labute approximate surface area is 168 Å². The number of benzene rings is 2. The fourth-order valence-corrected chi connectivity index (χ4v) is 3.22. The highest BCUT2D eigenvalue weighted by Crippen LogP contribution is 2.34. The third-order valence-electron chi connectivity index (χ3n) is 4.62. The molecule has 3 aromatic rings. The van der Waals surface area contributed by atoms with Gasteiger partial charge in [-0.2, -0.15) is 4.98 Å². The Hall–Kier alpha value is -3.55. The molecule has 0 radical (unpaired) electrons. The van der Waals surface area contributed by atoms with E-state index in [1.54, 1.807) is 7.05 Å². The molecule has 0 spiro atoms. The second-order valence-corrected chi connectivity index (χ2v) is 6.54. The largest absolute Gasteiger partial charge is 0.494 e. The average Bonchev–Trinajstić information content (AvgIpc) is 3.22. The topological polar surface area (TPSA) is 89.7 Å². The summed E-state index contributed by atoms with van der Waals surface area (Å²) in [6.45, 7) is 3.32. The van der Waals surface area contributed by atoms with Crippen molar-refractivity contribution in [1.82, 2.24) is 15.5 Å². The van der Waals surface area contributed by atoms with E-state index in [1.807, 2.05) is 60.4 Å². The third-order valence-corrected chi connectivity index (χ3v) is 4.62. The molecule has 0 bridgehead atoms. The maximum absolute atomic E-state index is 12.1. The van der Waals surface area contributed by atoms with Gasteiger partial charge in [-0.15, -0.1) is 0 Å². The van der Waals surface area contributed by atoms with Crippen molar-refractivity contribution >= 4 is 11.6 Å². The number of hydrogen-bond acceptors (Lipinski definition) is 7. The highest BCUT2D eigenvalue weighted by Gasteiger charge is 2.31. The molecule has 1 aliphatic rings. The maximum Gasteiger partial charge on any atom is 0.262 e. The molecule has 0 aliphatic carbocycles. The number of anilines is 1. The number of para-hydroxylation sites is 2. The lowest BCUT2D eigenvalue weighted by atomic mass is 10.1. The minimum atomic E-state index is -0.608. The Morgan fingerprint density at radius 1 is 1.24 bits per heavy atom. The third kappa shape index (κ3) is 4.01. The Morgan fingerprint density at radius 2 is 2.03 bits per heavy atom. The number of carbonyl (C=O) groups excluding carboxylic acids is 1. The molecule has 1 aromatic heterocycles. The van der Waals surface area contributed by atoms with Gasteiger partial charge in [-0.05, 0) is 43.3 Å². The molecule has 29 heavy (non-hydrogen) atoms. The standard InChI is InChI=1S/C21H22N4O4/c1-3-27-15-10-8-14(9-11-15)20-23-19(29-24-20)13-25-12-18(21(26)22-2)28-17-7-5-4-6-16(17)25/h4-11,18H,3,12-13H2,1-2H3,(H,22,26)/t18-/m1/s1. The molecule has 1 atom stereocenters. The van der Waals surface area contributed by atoms with E-state index in [0.717, 1.165) is 17.0 Å². The van der Waals surface area contributed by atoms with Crippen LogP contribution in [0.25, 0.3) is 11.4 Å². The number of nitrogens with one attached hydrogen (secondary N) is 1. The molecule has 0 saturated heterocycles. The number of fused-ring (bicyclic) bond motifs is 1. The van der Waals surface area contributed by atoms with E-state index in [-0.39, 0.29) is 5.91 Å². The van der Waals surface area contributed by atoms with Gasteiger partial charge in [-0.25, -0.2) is 0 Å². The summed E-state index contributed by atoms with van der Waals surface area (Å²) in [6, 6.07) is 15.1. The fraction of sp³-hybridized carbons (Fsp3) is 0.286. The van der Waals surface area contributed by atoms with Crippen LogP contribution in [0.1, 0.15) is 12.8 Å². The van der Waals surface area contributed by atoms with E-state index >= 15 is 0 Å². The number of hydrogen-bond donors (Lipinski definition) is 1. The van der Waals surface area contributed by atoms with Gasteiger partial charge in [0.2, 0.25) is 11.7 Å². The summed E-state index contributed by atoms with van der Waals surface area (Å²) in [5.41, 5.74) is 1.72. The SMILES string of the molecule is CCOc1ccc(-c2noc(CN3C[C@H](C(=O)NC)Oc4ccccc43)n2)cc1. The molecule has 2 aromatic carbocycles. The minimum absolute atomic E-state index is 0.176. The summed E-state index contributed by atoms with van der Waals surface area (Å²) in [5.74, 6) is 2.24. The van der Waals surface area contributed by atoms with Crippen molar-refractivity contribution in [3.05, 3.63) is 54.4 Å². The summed E-state index contributed by atoms with van der Waals surface area (Å²) in [5, 5.41) is 6.73. The molecular weight excluding hydrogens is 372 g/mol. The molecule has 0 saturated carbocycles. The van der Waals surface area contributed by atoms with Crippen LogP contribution >= 0.6 is 0 Å². The molecule has 0 unspecified atom stereocenters. The van der Waals surface area contributed by atoms with Crippen molar-refractivity contribution in [2.75, 3.05) is 25.1 Å². The predicted molar refractivity (Wildman–Crippen MR) is 107 cm³/mol. The van der Waals surface area contributed by atoms with Gasteiger partial charge < -0.3 is 24.2 Å². The Bertz CT molecular complexity index is 986. The highest BCUT2D eigenvalue weighted by atomic mass is 16.5. The van der Waals surface area contributed by atoms with Gasteiger partial charge in [-0.3, -0.25) is 4.79 Å². The lowest BCUT2D eigenvalue weighted by Crippen LogP contribution is -2.48. The van der Waals surface area contributed by atoms with Crippen LogP contribution in [-0.2, 0) is 11.3 Å². The van der Waals surface area contributed by atoms with Crippen molar-refractivity contribution in [3.63, 3.8) is 0 Å². The zero-order chi connectivity index (χ0) is 20.2. The number of carbonyl (C=O) groups is 1. The molecule has 2 heterocycles. The number of amides is 1. The van der Waals surface area contributed by atoms with E-state index in [4.69, 9.17) is 14.0 Å². The van der Waals surface area contributed by atoms with Gasteiger partial charge in [0.15, 0.2) is 6.10 Å². The average molecular weight is 394 g/mol. The molecular formula is C21H22N4O4. The normalized spacial score (nSPS) is 15.4. The molecule has 150 valence electrons. The van der Waals surface area contributed by atoms with E-state index in [1.165, 1.54) is 0 Å². The number of aromatic nitrogens is 2. The lowest BCUT2D eigenvalue weighted by molar-refractivity contribution is -0.127. The monoisotopic (exact) mass is 394 g/mol. The van der Waals surface area contributed by atoms with Crippen LogP contribution in [0.2, 0.25) is 0 Å². The Morgan fingerprint density at radius 3 is 2.79 bits per heavy atom. The van der Waals surface area contributed by atoms with Crippen molar-refractivity contribution in [3.8, 4) is 22.9 Å².